The van der Waals surface area contributed by atoms with Gasteiger partial charge in [0.1, 0.15) is 0 Å². The van der Waals surface area contributed by atoms with Crippen LogP contribution < -0.4 is 5.73 Å². The first-order chi connectivity index (χ1) is 6.60. The van der Waals surface area contributed by atoms with Crippen LogP contribution in [0.25, 0.3) is 0 Å². The molecule has 0 saturated carbocycles. The summed E-state index contributed by atoms with van der Waals surface area (Å²) >= 11 is 1.50. The van der Waals surface area contributed by atoms with Crippen molar-refractivity contribution in [3.05, 3.63) is 33.4 Å². The topological polar surface area (TPSA) is 69.2 Å². The standard InChI is InChI=1S/C9H12N2O2S/c1-6-8(11(12)13)3-7(5-10)4-9(6)14-2/h3-4H,5,10H2,1-2H3. The zero-order valence-electron chi connectivity index (χ0n) is 8.11. The third-order valence-electron chi connectivity index (χ3n) is 2.04. The lowest BCUT2D eigenvalue weighted by molar-refractivity contribution is -0.385. The Morgan fingerprint density at radius 1 is 1.57 bits per heavy atom. The van der Waals surface area contributed by atoms with Gasteiger partial charge in [-0.25, -0.2) is 0 Å². The molecule has 0 fully saturated rings. The zero-order valence-corrected chi connectivity index (χ0v) is 8.93. The fraction of sp³-hybridized carbons (Fsp3) is 0.333. The summed E-state index contributed by atoms with van der Waals surface area (Å²) in [7, 11) is 0. The number of rotatable bonds is 3. The number of nitrogens with zero attached hydrogens (tertiary/aromatic N) is 1. The molecule has 1 rings (SSSR count). The normalized spacial score (nSPS) is 10.2. The van der Waals surface area contributed by atoms with Gasteiger partial charge in [-0.3, -0.25) is 10.1 Å². The number of thioether (sulfide) groups is 1. The van der Waals surface area contributed by atoms with Crippen LogP contribution >= 0.6 is 11.8 Å². The maximum absolute atomic E-state index is 10.7. The Morgan fingerprint density at radius 2 is 2.21 bits per heavy atom. The Hall–Kier alpha value is -1.07. The van der Waals surface area contributed by atoms with Gasteiger partial charge in [-0.2, -0.15) is 0 Å². The minimum absolute atomic E-state index is 0.150. The minimum Gasteiger partial charge on any atom is -0.326 e. The molecule has 0 bridgehead atoms. The van der Waals surface area contributed by atoms with E-state index in [1.165, 1.54) is 17.8 Å². The SMILES string of the molecule is CSc1cc(CN)cc([N+](=O)[O-])c1C. The molecule has 2 N–H and O–H groups in total. The van der Waals surface area contributed by atoms with Gasteiger partial charge in [0.2, 0.25) is 0 Å². The molecule has 0 amide bonds. The van der Waals surface area contributed by atoms with Crippen LogP contribution in [0.3, 0.4) is 0 Å². The first-order valence-electron chi connectivity index (χ1n) is 4.12. The second-order valence-electron chi connectivity index (χ2n) is 2.90. The van der Waals surface area contributed by atoms with Gasteiger partial charge in [-0.1, -0.05) is 0 Å². The van der Waals surface area contributed by atoms with Crippen LogP contribution in [0.1, 0.15) is 11.1 Å². The molecule has 1 aromatic rings. The Morgan fingerprint density at radius 3 is 2.64 bits per heavy atom. The van der Waals surface area contributed by atoms with Gasteiger partial charge >= 0.3 is 0 Å². The summed E-state index contributed by atoms with van der Waals surface area (Å²) in [5.74, 6) is 0. The van der Waals surface area contributed by atoms with Crippen LogP contribution in [0.4, 0.5) is 5.69 Å². The second-order valence-corrected chi connectivity index (χ2v) is 3.75. The highest BCUT2D eigenvalue weighted by atomic mass is 32.2. The van der Waals surface area contributed by atoms with E-state index in [2.05, 4.69) is 0 Å². The van der Waals surface area contributed by atoms with E-state index in [0.717, 1.165) is 10.5 Å². The van der Waals surface area contributed by atoms with Crippen LogP contribution in [0, 0.1) is 17.0 Å². The van der Waals surface area contributed by atoms with Gasteiger partial charge in [0.15, 0.2) is 0 Å². The third kappa shape index (κ3) is 2.05. The molecule has 76 valence electrons. The lowest BCUT2D eigenvalue weighted by Crippen LogP contribution is -2.00. The molecule has 0 saturated heterocycles. The summed E-state index contributed by atoms with van der Waals surface area (Å²) in [6, 6.07) is 3.43. The van der Waals surface area contributed by atoms with Crippen molar-refractivity contribution in [1.82, 2.24) is 0 Å². The number of benzene rings is 1. The summed E-state index contributed by atoms with van der Waals surface area (Å²) in [6.07, 6.45) is 1.90. The van der Waals surface area contributed by atoms with E-state index in [1.807, 2.05) is 12.3 Å². The molecule has 0 radical (unpaired) electrons. The zero-order chi connectivity index (χ0) is 10.7. The average molecular weight is 212 g/mol. The van der Waals surface area contributed by atoms with Gasteiger partial charge in [0.25, 0.3) is 5.69 Å². The van der Waals surface area contributed by atoms with E-state index in [0.29, 0.717) is 12.1 Å². The highest BCUT2D eigenvalue weighted by Gasteiger charge is 2.14. The van der Waals surface area contributed by atoms with Crippen LogP contribution in [0.2, 0.25) is 0 Å². The van der Waals surface area contributed by atoms with Crippen molar-refractivity contribution in [1.29, 1.82) is 0 Å². The van der Waals surface area contributed by atoms with Crippen LogP contribution in [-0.4, -0.2) is 11.2 Å². The molecule has 14 heavy (non-hydrogen) atoms. The molecule has 0 aromatic heterocycles. The lowest BCUT2D eigenvalue weighted by atomic mass is 10.1. The van der Waals surface area contributed by atoms with Gasteiger partial charge in [-0.15, -0.1) is 11.8 Å². The van der Waals surface area contributed by atoms with Crippen LogP contribution in [0.5, 0.6) is 0 Å². The van der Waals surface area contributed by atoms with E-state index >= 15 is 0 Å². The van der Waals surface area contributed by atoms with E-state index in [-0.39, 0.29) is 10.6 Å². The number of hydrogen-bond acceptors (Lipinski definition) is 4. The smallest absolute Gasteiger partial charge is 0.273 e. The molecule has 0 unspecified atom stereocenters. The molecule has 0 aliphatic heterocycles. The molecule has 0 heterocycles. The molecule has 0 spiro atoms. The van der Waals surface area contributed by atoms with E-state index in [9.17, 15) is 10.1 Å². The summed E-state index contributed by atoms with van der Waals surface area (Å²) in [5.41, 5.74) is 7.12. The second kappa shape index (κ2) is 4.43. The summed E-state index contributed by atoms with van der Waals surface area (Å²) in [4.78, 5) is 11.3. The first-order valence-corrected chi connectivity index (χ1v) is 5.34. The Labute approximate surface area is 86.6 Å². The minimum atomic E-state index is -0.367. The molecule has 0 atom stereocenters. The molecule has 1 aromatic carbocycles. The predicted molar refractivity (Wildman–Crippen MR) is 57.5 cm³/mol. The van der Waals surface area contributed by atoms with Gasteiger partial charge < -0.3 is 5.73 Å². The van der Waals surface area contributed by atoms with Crippen molar-refractivity contribution in [2.75, 3.05) is 6.26 Å². The Bertz CT molecular complexity index is 366. The number of nitrogens with two attached hydrogens (primary N) is 1. The number of nitro groups is 1. The molecule has 5 heteroatoms. The maximum Gasteiger partial charge on any atom is 0.273 e. The van der Waals surface area contributed by atoms with Crippen molar-refractivity contribution in [3.63, 3.8) is 0 Å². The highest BCUT2D eigenvalue weighted by Crippen LogP contribution is 2.29. The van der Waals surface area contributed by atoms with E-state index in [4.69, 9.17) is 5.73 Å². The van der Waals surface area contributed by atoms with Crippen molar-refractivity contribution in [2.24, 2.45) is 5.73 Å². The fourth-order valence-corrected chi connectivity index (χ4v) is 1.93. The van der Waals surface area contributed by atoms with E-state index in [1.54, 1.807) is 6.92 Å². The van der Waals surface area contributed by atoms with Crippen molar-refractivity contribution < 1.29 is 4.92 Å². The highest BCUT2D eigenvalue weighted by molar-refractivity contribution is 7.98. The average Bonchev–Trinajstić information content (AvgIpc) is 2.17. The first kappa shape index (κ1) is 11.0. The predicted octanol–water partition coefficient (Wildman–Crippen LogP) is 2.08. The maximum atomic E-state index is 10.7. The summed E-state index contributed by atoms with van der Waals surface area (Å²) in [6.45, 7) is 2.08. The van der Waals surface area contributed by atoms with Crippen molar-refractivity contribution in [3.8, 4) is 0 Å². The largest absolute Gasteiger partial charge is 0.326 e. The summed E-state index contributed by atoms with van der Waals surface area (Å²) in [5, 5.41) is 10.7. The van der Waals surface area contributed by atoms with Gasteiger partial charge in [0.05, 0.1) is 4.92 Å². The Balaban J connectivity index is 3.34. The lowest BCUT2D eigenvalue weighted by Gasteiger charge is -2.06. The van der Waals surface area contributed by atoms with Crippen molar-refractivity contribution >= 4 is 17.4 Å². The monoisotopic (exact) mass is 212 g/mol. The van der Waals surface area contributed by atoms with Gasteiger partial charge in [-0.05, 0) is 24.8 Å². The Kier molecular flexibility index (Phi) is 3.49. The number of hydrogen-bond donors (Lipinski definition) is 1. The van der Waals surface area contributed by atoms with Crippen LogP contribution in [-0.2, 0) is 6.54 Å². The fourth-order valence-electron chi connectivity index (χ4n) is 1.25. The molecular weight excluding hydrogens is 200 g/mol. The quantitative estimate of drug-likeness (QED) is 0.473. The van der Waals surface area contributed by atoms with E-state index < -0.39 is 0 Å². The number of nitro benzene ring substituents is 1. The van der Waals surface area contributed by atoms with Crippen molar-refractivity contribution in [2.45, 2.75) is 18.4 Å². The summed E-state index contributed by atoms with van der Waals surface area (Å²) < 4.78 is 0. The molecule has 4 nitrogen and oxygen atoms in total. The third-order valence-corrected chi connectivity index (χ3v) is 2.91. The molecule has 0 aliphatic rings. The molecule has 0 aliphatic carbocycles. The van der Waals surface area contributed by atoms with Crippen LogP contribution in [0.15, 0.2) is 17.0 Å². The molecular formula is C9H12N2O2S. The van der Waals surface area contributed by atoms with Gasteiger partial charge in [0, 0.05) is 23.1 Å².